The summed E-state index contributed by atoms with van der Waals surface area (Å²) >= 11 is 1.26. The van der Waals surface area contributed by atoms with Crippen molar-refractivity contribution in [3.63, 3.8) is 0 Å². The molecule has 1 N–H and O–H groups in total. The number of rotatable bonds is 6. The number of furan rings is 1. The van der Waals surface area contributed by atoms with E-state index in [9.17, 15) is 9.59 Å². The van der Waals surface area contributed by atoms with Crippen LogP contribution >= 0.6 is 11.3 Å². The summed E-state index contributed by atoms with van der Waals surface area (Å²) in [4.78, 5) is 30.1. The summed E-state index contributed by atoms with van der Waals surface area (Å²) in [6.07, 6.45) is 4.96. The van der Waals surface area contributed by atoms with Crippen LogP contribution in [0.5, 0.6) is 0 Å². The Morgan fingerprint density at radius 3 is 2.91 bits per heavy atom. The van der Waals surface area contributed by atoms with Crippen LogP contribution in [0.1, 0.15) is 29.4 Å². The third-order valence-electron chi connectivity index (χ3n) is 3.59. The Labute approximate surface area is 131 Å². The number of amides is 1. The van der Waals surface area contributed by atoms with Crippen LogP contribution in [-0.4, -0.2) is 39.5 Å². The van der Waals surface area contributed by atoms with Gasteiger partial charge in [0.2, 0.25) is 0 Å². The molecule has 0 spiro atoms. The predicted molar refractivity (Wildman–Crippen MR) is 80.7 cm³/mol. The van der Waals surface area contributed by atoms with Crippen molar-refractivity contribution in [1.82, 2.24) is 9.88 Å². The zero-order valence-corrected chi connectivity index (χ0v) is 12.9. The van der Waals surface area contributed by atoms with Gasteiger partial charge in [-0.1, -0.05) is 6.92 Å². The molecule has 3 rings (SSSR count). The van der Waals surface area contributed by atoms with Crippen LogP contribution in [0.25, 0.3) is 10.8 Å². The topological polar surface area (TPSA) is 83.6 Å². The van der Waals surface area contributed by atoms with Gasteiger partial charge in [0.25, 0.3) is 5.91 Å². The quantitative estimate of drug-likeness (QED) is 0.884. The van der Waals surface area contributed by atoms with Gasteiger partial charge in [-0.05, 0) is 25.0 Å². The van der Waals surface area contributed by atoms with Crippen molar-refractivity contribution in [2.24, 2.45) is 5.92 Å². The highest BCUT2D eigenvalue weighted by Crippen LogP contribution is 2.32. The van der Waals surface area contributed by atoms with E-state index in [1.54, 1.807) is 30.2 Å². The Bertz CT molecular complexity index is 676. The number of carboxylic acids is 1. The molecular formula is C15H16N2O4S. The normalized spacial score (nSPS) is 15.5. The van der Waals surface area contributed by atoms with Crippen LogP contribution in [0, 0.1) is 5.92 Å². The maximum atomic E-state index is 12.6. The first-order chi connectivity index (χ1) is 10.6. The average molecular weight is 320 g/mol. The Hall–Kier alpha value is -2.15. The molecule has 0 radical (unpaired) electrons. The van der Waals surface area contributed by atoms with Gasteiger partial charge in [-0.2, -0.15) is 0 Å². The van der Waals surface area contributed by atoms with Gasteiger partial charge >= 0.3 is 5.97 Å². The zero-order chi connectivity index (χ0) is 15.7. The number of hydrogen-bond acceptors (Lipinski definition) is 5. The molecule has 1 aliphatic carbocycles. The minimum Gasteiger partial charge on any atom is -0.481 e. The maximum absolute atomic E-state index is 12.6. The second-order valence-electron chi connectivity index (χ2n) is 5.43. The summed E-state index contributed by atoms with van der Waals surface area (Å²) < 4.78 is 5.27. The summed E-state index contributed by atoms with van der Waals surface area (Å²) in [6, 6.07) is 3.71. The molecule has 0 saturated heterocycles. The molecule has 1 aliphatic rings. The monoisotopic (exact) mass is 320 g/mol. The largest absolute Gasteiger partial charge is 0.481 e. The molecule has 7 heteroatoms. The highest BCUT2D eigenvalue weighted by atomic mass is 32.1. The van der Waals surface area contributed by atoms with E-state index in [-0.39, 0.29) is 18.5 Å². The molecular weight excluding hydrogens is 304 g/mol. The van der Waals surface area contributed by atoms with E-state index in [0.29, 0.717) is 15.6 Å². The highest BCUT2D eigenvalue weighted by molar-refractivity contribution is 7.16. The summed E-state index contributed by atoms with van der Waals surface area (Å²) in [5.74, 6) is -0.993. The van der Waals surface area contributed by atoms with Crippen molar-refractivity contribution < 1.29 is 19.1 Å². The van der Waals surface area contributed by atoms with E-state index >= 15 is 0 Å². The van der Waals surface area contributed by atoms with Crippen LogP contribution in [-0.2, 0) is 4.79 Å². The lowest BCUT2D eigenvalue weighted by molar-refractivity contribution is -0.141. The number of thiazole rings is 1. The van der Waals surface area contributed by atoms with Crippen molar-refractivity contribution >= 4 is 23.2 Å². The van der Waals surface area contributed by atoms with Crippen LogP contribution in [0.3, 0.4) is 0 Å². The molecule has 116 valence electrons. The lowest BCUT2D eigenvalue weighted by atomic mass is 10.1. The number of nitrogens with zero attached hydrogens (tertiary/aromatic N) is 2. The predicted octanol–water partition coefficient (Wildman–Crippen LogP) is 2.73. The van der Waals surface area contributed by atoms with Gasteiger partial charge in [-0.15, -0.1) is 11.3 Å². The third-order valence-corrected chi connectivity index (χ3v) is 4.59. The summed E-state index contributed by atoms with van der Waals surface area (Å²) in [5, 5.41) is 9.70. The van der Waals surface area contributed by atoms with Gasteiger partial charge in [-0.3, -0.25) is 9.59 Å². The molecule has 1 atom stereocenters. The minimum atomic E-state index is -0.890. The summed E-state index contributed by atoms with van der Waals surface area (Å²) in [6.45, 7) is 1.85. The summed E-state index contributed by atoms with van der Waals surface area (Å²) in [7, 11) is 0. The van der Waals surface area contributed by atoms with E-state index in [0.717, 1.165) is 12.8 Å². The van der Waals surface area contributed by atoms with E-state index in [4.69, 9.17) is 9.52 Å². The smallest absolute Gasteiger partial charge is 0.308 e. The van der Waals surface area contributed by atoms with Crippen molar-refractivity contribution in [3.8, 4) is 10.8 Å². The zero-order valence-electron chi connectivity index (χ0n) is 12.1. The molecule has 6 nitrogen and oxygen atoms in total. The Morgan fingerprint density at radius 2 is 2.32 bits per heavy atom. The minimum absolute atomic E-state index is 0.147. The molecule has 0 aliphatic heterocycles. The van der Waals surface area contributed by atoms with Gasteiger partial charge in [0, 0.05) is 12.6 Å². The SMILES string of the molecule is CC(CN(C(=O)c1cnc(-c2ccco2)s1)C1CC1)C(=O)O. The molecule has 1 saturated carbocycles. The molecule has 0 bridgehead atoms. The fourth-order valence-electron chi connectivity index (χ4n) is 2.19. The molecule has 0 aromatic carbocycles. The average Bonchev–Trinajstić information content (AvgIpc) is 3.01. The first kappa shape index (κ1) is 14.8. The number of carboxylic acid groups (broad SMARTS) is 1. The maximum Gasteiger partial charge on any atom is 0.308 e. The Kier molecular flexibility index (Phi) is 3.98. The number of aliphatic carboxylic acids is 1. The van der Waals surface area contributed by atoms with E-state index in [1.807, 2.05) is 0 Å². The van der Waals surface area contributed by atoms with Gasteiger partial charge in [0.1, 0.15) is 4.88 Å². The van der Waals surface area contributed by atoms with Crippen LogP contribution in [0.15, 0.2) is 29.0 Å². The number of carbonyl (C=O) groups excluding carboxylic acids is 1. The Morgan fingerprint density at radius 1 is 1.55 bits per heavy atom. The molecule has 2 heterocycles. The van der Waals surface area contributed by atoms with E-state index in [2.05, 4.69) is 4.98 Å². The number of aromatic nitrogens is 1. The molecule has 2 aromatic rings. The fourth-order valence-corrected chi connectivity index (χ4v) is 3.03. The van der Waals surface area contributed by atoms with Crippen molar-refractivity contribution in [2.75, 3.05) is 6.54 Å². The highest BCUT2D eigenvalue weighted by Gasteiger charge is 2.35. The van der Waals surface area contributed by atoms with Gasteiger partial charge < -0.3 is 14.4 Å². The summed E-state index contributed by atoms with van der Waals surface area (Å²) in [5.41, 5.74) is 0. The van der Waals surface area contributed by atoms with E-state index < -0.39 is 11.9 Å². The molecule has 1 unspecified atom stereocenters. The molecule has 22 heavy (non-hydrogen) atoms. The lowest BCUT2D eigenvalue weighted by Crippen LogP contribution is -2.38. The fraction of sp³-hybridized carbons (Fsp3) is 0.400. The lowest BCUT2D eigenvalue weighted by Gasteiger charge is -2.23. The molecule has 2 aromatic heterocycles. The molecule has 1 fully saturated rings. The van der Waals surface area contributed by atoms with Crippen LogP contribution in [0.2, 0.25) is 0 Å². The van der Waals surface area contributed by atoms with Crippen molar-refractivity contribution in [3.05, 3.63) is 29.5 Å². The standard InChI is InChI=1S/C15H16N2O4S/c1-9(15(19)20)8-17(10-4-5-10)14(18)12-7-16-13(22-12)11-3-2-6-21-11/h2-3,6-7,9-10H,4-5,8H2,1H3,(H,19,20). The van der Waals surface area contributed by atoms with E-state index in [1.165, 1.54) is 17.5 Å². The third kappa shape index (κ3) is 3.04. The number of hydrogen-bond donors (Lipinski definition) is 1. The Balaban J connectivity index is 1.77. The van der Waals surface area contributed by atoms with Gasteiger partial charge in [0.05, 0.1) is 18.4 Å². The van der Waals surface area contributed by atoms with Gasteiger partial charge in [-0.25, -0.2) is 4.98 Å². The number of carbonyl (C=O) groups is 2. The van der Waals surface area contributed by atoms with Gasteiger partial charge in [0.15, 0.2) is 10.8 Å². The first-order valence-electron chi connectivity index (χ1n) is 7.09. The first-order valence-corrected chi connectivity index (χ1v) is 7.91. The van der Waals surface area contributed by atoms with Crippen molar-refractivity contribution in [2.45, 2.75) is 25.8 Å². The molecule has 1 amide bonds. The van der Waals surface area contributed by atoms with Crippen LogP contribution < -0.4 is 0 Å². The van der Waals surface area contributed by atoms with Crippen LogP contribution in [0.4, 0.5) is 0 Å². The second-order valence-corrected chi connectivity index (χ2v) is 6.47. The van der Waals surface area contributed by atoms with Crippen molar-refractivity contribution in [1.29, 1.82) is 0 Å². The second kappa shape index (κ2) is 5.92.